The van der Waals surface area contributed by atoms with Gasteiger partial charge >= 0.3 is 0 Å². The lowest BCUT2D eigenvalue weighted by Gasteiger charge is -2.27. The van der Waals surface area contributed by atoms with Crippen LogP contribution in [0.5, 0.6) is 0 Å². The molecule has 106 valence electrons. The number of hydrogen-bond acceptors (Lipinski definition) is 1. The number of unbranched alkanes of at least 4 members (excludes halogenated alkanes) is 2. The average molecular weight is 276 g/mol. The van der Waals surface area contributed by atoms with Crippen molar-refractivity contribution < 1.29 is 5.11 Å². The standard InChI is InChI=1S/C17H28OSi/c1-5-6-8-11-16(18)14-15(2)19(3,4)17-12-9-7-10-13-17/h7,9-10,12-13,16,18H,2,5-6,8,11,14H2,1,3-4H3. The Bertz CT molecular complexity index is 384. The van der Waals surface area contributed by atoms with Crippen LogP contribution >= 0.6 is 0 Å². The van der Waals surface area contributed by atoms with Crippen LogP contribution in [0.4, 0.5) is 0 Å². The number of benzene rings is 1. The molecule has 19 heavy (non-hydrogen) atoms. The van der Waals surface area contributed by atoms with Gasteiger partial charge in [0.2, 0.25) is 0 Å². The van der Waals surface area contributed by atoms with Gasteiger partial charge in [0, 0.05) is 0 Å². The lowest BCUT2D eigenvalue weighted by Crippen LogP contribution is -2.44. The fourth-order valence-electron chi connectivity index (χ4n) is 2.33. The topological polar surface area (TPSA) is 20.2 Å². The maximum absolute atomic E-state index is 10.1. The zero-order valence-electron chi connectivity index (χ0n) is 12.7. The van der Waals surface area contributed by atoms with E-state index in [-0.39, 0.29) is 6.10 Å². The Morgan fingerprint density at radius 1 is 1.21 bits per heavy atom. The molecule has 0 bridgehead atoms. The van der Waals surface area contributed by atoms with Crippen molar-refractivity contribution in [1.29, 1.82) is 0 Å². The minimum absolute atomic E-state index is 0.213. The summed E-state index contributed by atoms with van der Waals surface area (Å²) in [6.07, 6.45) is 5.00. The molecule has 0 radical (unpaired) electrons. The highest BCUT2D eigenvalue weighted by Gasteiger charge is 2.27. The Morgan fingerprint density at radius 3 is 2.42 bits per heavy atom. The first-order chi connectivity index (χ1) is 8.98. The molecule has 0 aliphatic heterocycles. The third kappa shape index (κ3) is 4.96. The molecule has 0 amide bonds. The molecule has 0 saturated carbocycles. The molecule has 1 rings (SSSR count). The van der Waals surface area contributed by atoms with Gasteiger partial charge in [-0.2, -0.15) is 0 Å². The zero-order chi connectivity index (χ0) is 14.3. The maximum atomic E-state index is 10.1. The van der Waals surface area contributed by atoms with Crippen molar-refractivity contribution in [2.75, 3.05) is 0 Å². The highest BCUT2D eigenvalue weighted by Crippen LogP contribution is 2.20. The molecule has 0 aliphatic carbocycles. The molecule has 0 aromatic heterocycles. The van der Waals surface area contributed by atoms with Crippen molar-refractivity contribution >= 4 is 13.3 Å². The van der Waals surface area contributed by atoms with E-state index in [4.69, 9.17) is 0 Å². The zero-order valence-corrected chi connectivity index (χ0v) is 13.7. The quantitative estimate of drug-likeness (QED) is 0.561. The third-order valence-corrected chi connectivity index (χ3v) is 7.75. The van der Waals surface area contributed by atoms with Crippen molar-refractivity contribution in [2.24, 2.45) is 0 Å². The second-order valence-corrected chi connectivity index (χ2v) is 10.5. The summed E-state index contributed by atoms with van der Waals surface area (Å²) >= 11 is 0. The molecule has 0 saturated heterocycles. The lowest BCUT2D eigenvalue weighted by atomic mass is 10.1. The predicted molar refractivity (Wildman–Crippen MR) is 87.5 cm³/mol. The van der Waals surface area contributed by atoms with E-state index in [1.165, 1.54) is 23.2 Å². The van der Waals surface area contributed by atoms with Gasteiger partial charge in [-0.3, -0.25) is 0 Å². The number of rotatable bonds is 8. The molecule has 1 aromatic carbocycles. The van der Waals surface area contributed by atoms with Crippen molar-refractivity contribution in [3.05, 3.63) is 42.1 Å². The summed E-state index contributed by atoms with van der Waals surface area (Å²) in [6, 6.07) is 10.6. The van der Waals surface area contributed by atoms with Gasteiger partial charge in [-0.15, -0.1) is 6.58 Å². The lowest BCUT2D eigenvalue weighted by molar-refractivity contribution is 0.162. The molecule has 0 fully saturated rings. The molecule has 2 heteroatoms. The smallest absolute Gasteiger partial charge is 0.106 e. The summed E-state index contributed by atoms with van der Waals surface area (Å²) in [6.45, 7) is 11.1. The SMILES string of the molecule is C=C(CC(O)CCCCC)[Si](C)(C)c1ccccc1. The summed E-state index contributed by atoms with van der Waals surface area (Å²) < 4.78 is 0. The molecular formula is C17H28OSi. The van der Waals surface area contributed by atoms with E-state index in [0.717, 1.165) is 19.3 Å². The summed E-state index contributed by atoms with van der Waals surface area (Å²) in [5.74, 6) is 0. The van der Waals surface area contributed by atoms with E-state index in [2.05, 4.69) is 56.9 Å². The van der Waals surface area contributed by atoms with Crippen molar-refractivity contribution in [2.45, 2.75) is 58.2 Å². The summed E-state index contributed by atoms with van der Waals surface area (Å²) in [5, 5.41) is 12.8. The van der Waals surface area contributed by atoms with Crippen LogP contribution in [0.3, 0.4) is 0 Å². The van der Waals surface area contributed by atoms with Crippen molar-refractivity contribution in [1.82, 2.24) is 0 Å². The van der Waals surface area contributed by atoms with Crippen molar-refractivity contribution in [3.8, 4) is 0 Å². The summed E-state index contributed by atoms with van der Waals surface area (Å²) in [5.41, 5.74) is 0. The highest BCUT2D eigenvalue weighted by molar-refractivity contribution is 6.95. The summed E-state index contributed by atoms with van der Waals surface area (Å²) in [7, 11) is -1.65. The van der Waals surface area contributed by atoms with Gasteiger partial charge in [0.1, 0.15) is 8.07 Å². The van der Waals surface area contributed by atoms with Gasteiger partial charge in [-0.1, -0.05) is 80.0 Å². The highest BCUT2D eigenvalue weighted by atomic mass is 28.3. The van der Waals surface area contributed by atoms with Crippen LogP contribution in [-0.2, 0) is 0 Å². The Kier molecular flexibility index (Phi) is 6.53. The van der Waals surface area contributed by atoms with Crippen LogP contribution in [0.25, 0.3) is 0 Å². The first kappa shape index (κ1) is 16.2. The van der Waals surface area contributed by atoms with Gasteiger partial charge in [0.05, 0.1) is 6.10 Å². The molecule has 0 heterocycles. The second-order valence-electron chi connectivity index (χ2n) is 5.95. The molecule has 0 aliphatic rings. The van der Waals surface area contributed by atoms with Gasteiger partial charge in [-0.05, 0) is 12.8 Å². The second kappa shape index (κ2) is 7.66. The molecule has 1 atom stereocenters. The van der Waals surface area contributed by atoms with E-state index in [1.807, 2.05) is 0 Å². The minimum atomic E-state index is -1.65. The fraction of sp³-hybridized carbons (Fsp3) is 0.529. The van der Waals surface area contributed by atoms with Crippen LogP contribution in [0.2, 0.25) is 13.1 Å². The number of hydrogen-bond donors (Lipinski definition) is 1. The van der Waals surface area contributed by atoms with Gasteiger partial charge in [0.25, 0.3) is 0 Å². The molecule has 1 unspecified atom stereocenters. The third-order valence-electron chi connectivity index (χ3n) is 4.00. The largest absolute Gasteiger partial charge is 0.393 e. The Morgan fingerprint density at radius 2 is 1.84 bits per heavy atom. The van der Waals surface area contributed by atoms with E-state index >= 15 is 0 Å². The summed E-state index contributed by atoms with van der Waals surface area (Å²) in [4.78, 5) is 0. The molecule has 1 nitrogen and oxygen atoms in total. The number of aliphatic hydroxyl groups is 1. The van der Waals surface area contributed by atoms with Crippen LogP contribution in [0.15, 0.2) is 42.1 Å². The normalized spacial score (nSPS) is 13.3. The maximum Gasteiger partial charge on any atom is 0.106 e. The monoisotopic (exact) mass is 276 g/mol. The van der Waals surface area contributed by atoms with E-state index in [9.17, 15) is 5.11 Å². The van der Waals surface area contributed by atoms with E-state index in [1.54, 1.807) is 0 Å². The fourth-order valence-corrected chi connectivity index (χ4v) is 4.51. The van der Waals surface area contributed by atoms with Crippen LogP contribution in [-0.4, -0.2) is 19.3 Å². The van der Waals surface area contributed by atoms with Gasteiger partial charge in [0.15, 0.2) is 0 Å². The predicted octanol–water partition coefficient (Wildman–Crippen LogP) is 4.03. The Balaban J connectivity index is 2.57. The minimum Gasteiger partial charge on any atom is -0.393 e. The number of aliphatic hydroxyl groups excluding tert-OH is 1. The van der Waals surface area contributed by atoms with E-state index < -0.39 is 8.07 Å². The first-order valence-electron chi connectivity index (χ1n) is 7.40. The van der Waals surface area contributed by atoms with Crippen molar-refractivity contribution in [3.63, 3.8) is 0 Å². The molecular weight excluding hydrogens is 248 g/mol. The van der Waals surface area contributed by atoms with E-state index in [0.29, 0.717) is 0 Å². The van der Waals surface area contributed by atoms with Crippen LogP contribution < -0.4 is 5.19 Å². The molecule has 1 N–H and O–H groups in total. The van der Waals surface area contributed by atoms with Crippen LogP contribution in [0.1, 0.15) is 39.0 Å². The van der Waals surface area contributed by atoms with Gasteiger partial charge in [-0.25, -0.2) is 0 Å². The Hall–Kier alpha value is -0.863. The average Bonchev–Trinajstić information content (AvgIpc) is 2.40. The molecule has 0 spiro atoms. The molecule has 1 aromatic rings. The first-order valence-corrected chi connectivity index (χ1v) is 10.4. The van der Waals surface area contributed by atoms with Gasteiger partial charge < -0.3 is 5.11 Å². The Labute approximate surface area is 119 Å². The van der Waals surface area contributed by atoms with Crippen LogP contribution in [0, 0.1) is 0 Å².